The van der Waals surface area contributed by atoms with Gasteiger partial charge in [-0.2, -0.15) is 0 Å². The maximum Gasteiger partial charge on any atom is 0.164 e. The second kappa shape index (κ2) is 8.16. The van der Waals surface area contributed by atoms with Gasteiger partial charge in [-0.1, -0.05) is 66.8 Å². The van der Waals surface area contributed by atoms with Crippen molar-refractivity contribution in [1.29, 1.82) is 0 Å². The number of anilines is 1. The zero-order chi connectivity index (χ0) is 19.8. The molecule has 1 aliphatic heterocycles. The summed E-state index contributed by atoms with van der Waals surface area (Å²) in [6.07, 6.45) is -1.24. The molecule has 1 heterocycles. The fraction of sp³-hybridized carbons (Fsp3) is 0.400. The van der Waals surface area contributed by atoms with Crippen LogP contribution in [0.15, 0.2) is 36.4 Å². The molecule has 2 atom stereocenters. The summed E-state index contributed by atoms with van der Waals surface area (Å²) in [6.45, 7) is 7.22. The van der Waals surface area contributed by atoms with Crippen LogP contribution in [0.5, 0.6) is 0 Å². The minimum Gasteiger partial charge on any atom is -0.375 e. The summed E-state index contributed by atoms with van der Waals surface area (Å²) in [7, 11) is 0. The van der Waals surface area contributed by atoms with Crippen LogP contribution in [0.1, 0.15) is 25.0 Å². The molecular formula is C20H23Cl3N2O2. The van der Waals surface area contributed by atoms with Crippen LogP contribution in [0, 0.1) is 0 Å². The zero-order valence-electron chi connectivity index (χ0n) is 15.3. The Morgan fingerprint density at radius 3 is 2.37 bits per heavy atom. The number of rotatable bonds is 6. The van der Waals surface area contributed by atoms with Gasteiger partial charge in [0.1, 0.15) is 0 Å². The highest BCUT2D eigenvalue weighted by molar-refractivity contribution is 6.36. The van der Waals surface area contributed by atoms with Gasteiger partial charge in [0.25, 0.3) is 0 Å². The van der Waals surface area contributed by atoms with Crippen LogP contribution in [-0.2, 0) is 5.60 Å². The summed E-state index contributed by atoms with van der Waals surface area (Å²) in [5.41, 5.74) is -0.295. The molecule has 0 spiro atoms. The Morgan fingerprint density at radius 1 is 1.07 bits per heavy atom. The highest BCUT2D eigenvalue weighted by Gasteiger charge is 2.52. The van der Waals surface area contributed by atoms with Crippen molar-refractivity contribution in [2.45, 2.75) is 25.7 Å². The predicted octanol–water partition coefficient (Wildman–Crippen LogP) is 4.36. The Labute approximate surface area is 174 Å². The number of aliphatic hydroxyl groups excluding tert-OH is 1. The summed E-state index contributed by atoms with van der Waals surface area (Å²) >= 11 is 19.1. The lowest BCUT2D eigenvalue weighted by atomic mass is 9.86. The fourth-order valence-corrected chi connectivity index (χ4v) is 4.63. The van der Waals surface area contributed by atoms with Gasteiger partial charge in [-0.05, 0) is 31.3 Å². The molecule has 3 rings (SSSR count). The third kappa shape index (κ3) is 3.55. The van der Waals surface area contributed by atoms with Crippen molar-refractivity contribution in [3.63, 3.8) is 0 Å². The highest BCUT2D eigenvalue weighted by Crippen LogP contribution is 2.52. The molecule has 2 aromatic carbocycles. The van der Waals surface area contributed by atoms with Crippen molar-refractivity contribution in [1.82, 2.24) is 4.90 Å². The Hall–Kier alpha value is -1.01. The van der Waals surface area contributed by atoms with Crippen molar-refractivity contribution in [3.05, 3.63) is 62.6 Å². The summed E-state index contributed by atoms with van der Waals surface area (Å²) in [4.78, 5) is 3.99. The smallest absolute Gasteiger partial charge is 0.164 e. The monoisotopic (exact) mass is 428 g/mol. The maximum atomic E-state index is 11.7. The SMILES string of the molecule is CCN(CC)CCN1c2cc(Cl)cc(Cl)c2C(O)(c2ccccc2Cl)C1O. The molecule has 0 bridgehead atoms. The van der Waals surface area contributed by atoms with E-state index in [1.807, 2.05) is 0 Å². The van der Waals surface area contributed by atoms with E-state index in [9.17, 15) is 10.2 Å². The number of likely N-dealkylation sites (N-methyl/N-ethyl adjacent to an activating group) is 1. The number of benzene rings is 2. The Balaban J connectivity index is 2.12. The van der Waals surface area contributed by atoms with Crippen LogP contribution in [-0.4, -0.2) is 47.5 Å². The maximum absolute atomic E-state index is 11.7. The lowest BCUT2D eigenvalue weighted by Gasteiger charge is -2.33. The molecule has 0 saturated heterocycles. The predicted molar refractivity (Wildman–Crippen MR) is 112 cm³/mol. The molecular weight excluding hydrogens is 407 g/mol. The van der Waals surface area contributed by atoms with E-state index in [1.54, 1.807) is 41.3 Å². The van der Waals surface area contributed by atoms with Crippen LogP contribution in [0.4, 0.5) is 5.69 Å². The lowest BCUT2D eigenvalue weighted by molar-refractivity contribution is -0.0386. The topological polar surface area (TPSA) is 46.9 Å². The third-order valence-electron chi connectivity index (χ3n) is 5.23. The van der Waals surface area contributed by atoms with Crippen LogP contribution in [0.3, 0.4) is 0 Å². The standard InChI is InChI=1S/C20H23Cl3N2O2/c1-3-24(4-2)9-10-25-17-12-13(21)11-16(23)18(17)20(27,19(25)26)14-7-5-6-8-15(14)22/h5-8,11-12,19,26-27H,3-4,9-10H2,1-2H3. The number of hydrogen-bond donors (Lipinski definition) is 2. The van der Waals surface area contributed by atoms with Gasteiger partial charge in [0.15, 0.2) is 11.8 Å². The van der Waals surface area contributed by atoms with E-state index in [-0.39, 0.29) is 0 Å². The van der Waals surface area contributed by atoms with E-state index >= 15 is 0 Å². The van der Waals surface area contributed by atoms with Gasteiger partial charge >= 0.3 is 0 Å². The average Bonchev–Trinajstić information content (AvgIpc) is 2.85. The summed E-state index contributed by atoms with van der Waals surface area (Å²) in [6, 6.07) is 10.2. The molecule has 0 amide bonds. The second-order valence-electron chi connectivity index (χ2n) is 6.62. The first-order chi connectivity index (χ1) is 12.8. The van der Waals surface area contributed by atoms with Crippen LogP contribution in [0.25, 0.3) is 0 Å². The molecule has 0 fully saturated rings. The van der Waals surface area contributed by atoms with Gasteiger partial charge < -0.3 is 20.0 Å². The number of aliphatic hydroxyl groups is 2. The molecule has 1 aliphatic rings. The fourth-order valence-electron chi connectivity index (χ4n) is 3.73. The summed E-state index contributed by atoms with van der Waals surface area (Å²) in [5, 5.41) is 24.0. The first kappa shape index (κ1) is 20.7. The molecule has 146 valence electrons. The average molecular weight is 430 g/mol. The van der Waals surface area contributed by atoms with Crippen LogP contribution in [0.2, 0.25) is 15.1 Å². The van der Waals surface area contributed by atoms with Gasteiger partial charge in [-0.25, -0.2) is 0 Å². The molecule has 2 N–H and O–H groups in total. The molecule has 0 radical (unpaired) electrons. The Bertz CT molecular complexity index is 829. The van der Waals surface area contributed by atoms with Gasteiger partial charge in [0.2, 0.25) is 0 Å². The number of halogens is 3. The largest absolute Gasteiger partial charge is 0.375 e. The summed E-state index contributed by atoms with van der Waals surface area (Å²) in [5.74, 6) is 0. The molecule has 2 unspecified atom stereocenters. The Kier molecular flexibility index (Phi) is 6.26. The van der Waals surface area contributed by atoms with Crippen LogP contribution < -0.4 is 4.90 Å². The van der Waals surface area contributed by atoms with Crippen molar-refractivity contribution < 1.29 is 10.2 Å². The normalized spacial score (nSPS) is 21.8. The molecule has 0 saturated carbocycles. The first-order valence-electron chi connectivity index (χ1n) is 8.98. The molecule has 0 aliphatic carbocycles. The van der Waals surface area contributed by atoms with E-state index in [0.29, 0.717) is 38.4 Å². The molecule has 0 aromatic heterocycles. The van der Waals surface area contributed by atoms with E-state index in [1.165, 1.54) is 0 Å². The Morgan fingerprint density at radius 2 is 1.74 bits per heavy atom. The molecule has 27 heavy (non-hydrogen) atoms. The summed E-state index contributed by atoms with van der Waals surface area (Å²) < 4.78 is 0. The minimum absolute atomic E-state index is 0.296. The highest BCUT2D eigenvalue weighted by atomic mass is 35.5. The van der Waals surface area contributed by atoms with Gasteiger partial charge in [0.05, 0.1) is 5.02 Å². The second-order valence-corrected chi connectivity index (χ2v) is 7.87. The third-order valence-corrected chi connectivity index (χ3v) is 6.08. The number of fused-ring (bicyclic) bond motifs is 1. The van der Waals surface area contributed by atoms with Gasteiger partial charge in [0, 0.05) is 39.9 Å². The van der Waals surface area contributed by atoms with E-state index in [2.05, 4.69) is 18.7 Å². The van der Waals surface area contributed by atoms with Crippen LogP contribution >= 0.6 is 34.8 Å². The van der Waals surface area contributed by atoms with E-state index in [4.69, 9.17) is 34.8 Å². The zero-order valence-corrected chi connectivity index (χ0v) is 17.6. The van der Waals surface area contributed by atoms with Crippen molar-refractivity contribution >= 4 is 40.5 Å². The van der Waals surface area contributed by atoms with Crippen molar-refractivity contribution in [2.75, 3.05) is 31.1 Å². The van der Waals surface area contributed by atoms with Gasteiger partial charge in [-0.15, -0.1) is 0 Å². The van der Waals surface area contributed by atoms with E-state index in [0.717, 1.165) is 19.6 Å². The number of nitrogens with zero attached hydrogens (tertiary/aromatic N) is 2. The van der Waals surface area contributed by atoms with Gasteiger partial charge in [-0.3, -0.25) is 0 Å². The first-order valence-corrected chi connectivity index (χ1v) is 10.1. The molecule has 7 heteroatoms. The number of hydrogen-bond acceptors (Lipinski definition) is 4. The van der Waals surface area contributed by atoms with Crippen molar-refractivity contribution in [3.8, 4) is 0 Å². The van der Waals surface area contributed by atoms with E-state index < -0.39 is 11.8 Å². The van der Waals surface area contributed by atoms with Crippen molar-refractivity contribution in [2.24, 2.45) is 0 Å². The molecule has 2 aromatic rings. The molecule has 4 nitrogen and oxygen atoms in total. The quantitative estimate of drug-likeness (QED) is 0.716. The lowest BCUT2D eigenvalue weighted by Crippen LogP contribution is -2.48. The minimum atomic E-state index is -1.75.